The summed E-state index contributed by atoms with van der Waals surface area (Å²) in [6.07, 6.45) is 3.03. The zero-order valence-electron chi connectivity index (χ0n) is 16.2. The molecule has 29 heavy (non-hydrogen) atoms. The van der Waals surface area contributed by atoms with Crippen LogP contribution in [-0.4, -0.2) is 51.9 Å². The quantitative estimate of drug-likeness (QED) is 0.629. The van der Waals surface area contributed by atoms with Crippen molar-refractivity contribution < 1.29 is 9.53 Å². The molecule has 3 aromatic rings. The average molecular weight is 407 g/mol. The van der Waals surface area contributed by atoms with E-state index in [1.165, 1.54) is 22.9 Å². The number of carbonyl (C=O) groups is 1. The summed E-state index contributed by atoms with van der Waals surface area (Å²) in [5.74, 6) is 1.90. The van der Waals surface area contributed by atoms with Gasteiger partial charge in [0, 0.05) is 18.7 Å². The highest BCUT2D eigenvalue weighted by molar-refractivity contribution is 7.99. The fourth-order valence-electron chi connectivity index (χ4n) is 3.22. The van der Waals surface area contributed by atoms with Crippen molar-refractivity contribution >= 4 is 23.2 Å². The van der Waals surface area contributed by atoms with E-state index in [1.807, 2.05) is 47.4 Å². The van der Waals surface area contributed by atoms with Crippen molar-refractivity contribution in [1.29, 1.82) is 0 Å². The van der Waals surface area contributed by atoms with Crippen LogP contribution in [0.1, 0.15) is 12.0 Å². The number of carbonyl (C=O) groups excluding carboxylic acids is 1. The third-order valence-electron chi connectivity index (χ3n) is 4.86. The Hall–Kier alpha value is -3.06. The highest BCUT2D eigenvalue weighted by atomic mass is 32.2. The number of hydrogen-bond donors (Lipinski definition) is 1. The van der Waals surface area contributed by atoms with Crippen LogP contribution in [0.5, 0.6) is 5.75 Å². The lowest BCUT2D eigenvalue weighted by Gasteiger charge is -2.26. The Balaban J connectivity index is 1.31. The van der Waals surface area contributed by atoms with E-state index in [0.717, 1.165) is 24.3 Å². The molecule has 2 aromatic carbocycles. The number of amides is 1. The monoisotopic (exact) mass is 406 g/mol. The maximum atomic E-state index is 12.6. The van der Waals surface area contributed by atoms with E-state index in [2.05, 4.69) is 33.4 Å². The number of H-pyrrole nitrogens is 1. The lowest BCUT2D eigenvalue weighted by atomic mass is 10.00. The minimum Gasteiger partial charge on any atom is -0.497 e. The van der Waals surface area contributed by atoms with Crippen molar-refractivity contribution in [3.05, 3.63) is 66.2 Å². The smallest absolute Gasteiger partial charge is 0.233 e. The molecule has 0 unspecified atom stereocenters. The lowest BCUT2D eigenvalue weighted by molar-refractivity contribution is -0.127. The highest BCUT2D eigenvalue weighted by Crippen LogP contribution is 2.24. The highest BCUT2D eigenvalue weighted by Gasteiger charge is 2.19. The van der Waals surface area contributed by atoms with Crippen LogP contribution in [0, 0.1) is 0 Å². The Morgan fingerprint density at radius 1 is 1.14 bits per heavy atom. The fraction of sp³-hybridized carbons (Fsp3) is 0.227. The van der Waals surface area contributed by atoms with Crippen molar-refractivity contribution in [1.82, 2.24) is 20.1 Å². The number of hydrogen-bond acceptors (Lipinski definition) is 5. The van der Waals surface area contributed by atoms with Crippen LogP contribution in [-0.2, 0) is 4.79 Å². The fourth-order valence-corrected chi connectivity index (χ4v) is 3.92. The van der Waals surface area contributed by atoms with Gasteiger partial charge in [-0.05, 0) is 41.8 Å². The first-order valence-corrected chi connectivity index (χ1v) is 10.4. The summed E-state index contributed by atoms with van der Waals surface area (Å²) in [7, 11) is 1.63. The minimum absolute atomic E-state index is 0.106. The maximum absolute atomic E-state index is 12.6. The molecule has 0 spiro atoms. The Morgan fingerprint density at radius 3 is 2.62 bits per heavy atom. The Morgan fingerprint density at radius 2 is 1.93 bits per heavy atom. The third kappa shape index (κ3) is 4.68. The van der Waals surface area contributed by atoms with Crippen molar-refractivity contribution in [2.45, 2.75) is 11.6 Å². The predicted octanol–water partition coefficient (Wildman–Crippen LogP) is 3.89. The van der Waals surface area contributed by atoms with Crippen LogP contribution in [0.2, 0.25) is 0 Å². The van der Waals surface area contributed by atoms with Gasteiger partial charge in [-0.2, -0.15) is 0 Å². The van der Waals surface area contributed by atoms with Crippen molar-refractivity contribution in [2.75, 3.05) is 26.0 Å². The first-order chi connectivity index (χ1) is 14.2. The van der Waals surface area contributed by atoms with Crippen molar-refractivity contribution in [3.8, 4) is 17.1 Å². The summed E-state index contributed by atoms with van der Waals surface area (Å²) >= 11 is 1.35. The SMILES string of the molecule is COc1ccc(-c2nc(SCC(=O)N3CC=C(c4ccccc4)CC3)n[nH]2)cc1. The molecular formula is C22H22N4O2S. The summed E-state index contributed by atoms with van der Waals surface area (Å²) in [5.41, 5.74) is 3.47. The second kappa shape index (κ2) is 8.96. The van der Waals surface area contributed by atoms with Crippen LogP contribution >= 0.6 is 11.8 Å². The number of aromatic amines is 1. The van der Waals surface area contributed by atoms with Gasteiger partial charge in [-0.25, -0.2) is 4.98 Å². The Labute approximate surface area is 174 Å². The van der Waals surface area contributed by atoms with E-state index in [1.54, 1.807) is 7.11 Å². The normalized spacial score (nSPS) is 13.8. The van der Waals surface area contributed by atoms with E-state index in [0.29, 0.717) is 23.3 Å². The molecule has 2 heterocycles. The van der Waals surface area contributed by atoms with Crippen LogP contribution in [0.3, 0.4) is 0 Å². The third-order valence-corrected chi connectivity index (χ3v) is 5.69. The van der Waals surface area contributed by atoms with Gasteiger partial charge < -0.3 is 9.64 Å². The van der Waals surface area contributed by atoms with Gasteiger partial charge in [-0.3, -0.25) is 9.89 Å². The van der Waals surface area contributed by atoms with E-state index in [9.17, 15) is 4.79 Å². The molecule has 7 heteroatoms. The molecule has 148 valence electrons. The number of methoxy groups -OCH3 is 1. The van der Waals surface area contributed by atoms with Crippen LogP contribution in [0.15, 0.2) is 65.8 Å². The standard InChI is InChI=1S/C22H22N4O2S/c1-28-19-9-7-18(8-10-19)21-23-22(25-24-21)29-15-20(27)26-13-11-17(12-14-26)16-5-3-2-4-6-16/h2-11H,12-15H2,1H3,(H,23,24,25). The Bertz CT molecular complexity index is 999. The molecule has 0 saturated heterocycles. The first-order valence-electron chi connectivity index (χ1n) is 9.45. The van der Waals surface area contributed by atoms with E-state index in [4.69, 9.17) is 4.74 Å². The number of thioether (sulfide) groups is 1. The summed E-state index contributed by atoms with van der Waals surface area (Å²) in [4.78, 5) is 18.9. The van der Waals surface area contributed by atoms with E-state index < -0.39 is 0 Å². The molecule has 0 atom stereocenters. The van der Waals surface area contributed by atoms with Gasteiger partial charge in [0.2, 0.25) is 11.1 Å². The maximum Gasteiger partial charge on any atom is 0.233 e. The largest absolute Gasteiger partial charge is 0.497 e. The molecule has 1 aliphatic heterocycles. The number of rotatable bonds is 6. The van der Waals surface area contributed by atoms with Crippen LogP contribution < -0.4 is 4.74 Å². The number of nitrogens with one attached hydrogen (secondary N) is 1. The van der Waals surface area contributed by atoms with Gasteiger partial charge in [0.15, 0.2) is 5.82 Å². The molecular weight excluding hydrogens is 384 g/mol. The van der Waals surface area contributed by atoms with E-state index in [-0.39, 0.29) is 5.91 Å². The molecule has 1 N–H and O–H groups in total. The zero-order valence-corrected chi connectivity index (χ0v) is 17.0. The molecule has 4 rings (SSSR count). The summed E-state index contributed by atoms with van der Waals surface area (Å²) in [5, 5.41) is 7.72. The average Bonchev–Trinajstić information content (AvgIpc) is 3.27. The summed E-state index contributed by atoms with van der Waals surface area (Å²) in [6.45, 7) is 1.39. The second-order valence-electron chi connectivity index (χ2n) is 6.67. The number of benzene rings is 2. The molecule has 1 aliphatic rings. The number of aromatic nitrogens is 3. The first kappa shape index (κ1) is 19.3. The molecule has 0 fully saturated rings. The zero-order chi connectivity index (χ0) is 20.1. The van der Waals surface area contributed by atoms with E-state index >= 15 is 0 Å². The molecule has 6 nitrogen and oxygen atoms in total. The molecule has 0 aliphatic carbocycles. The van der Waals surface area contributed by atoms with Gasteiger partial charge in [0.25, 0.3) is 0 Å². The molecule has 1 aromatic heterocycles. The lowest BCUT2D eigenvalue weighted by Crippen LogP contribution is -2.35. The van der Waals surface area contributed by atoms with Gasteiger partial charge in [-0.15, -0.1) is 5.10 Å². The topological polar surface area (TPSA) is 71.1 Å². The van der Waals surface area contributed by atoms with Gasteiger partial charge in [0.1, 0.15) is 5.75 Å². The molecule has 0 radical (unpaired) electrons. The summed E-state index contributed by atoms with van der Waals surface area (Å²) < 4.78 is 5.17. The number of nitrogens with zero attached hydrogens (tertiary/aromatic N) is 3. The molecule has 1 amide bonds. The number of ether oxygens (including phenoxy) is 1. The molecule has 0 saturated carbocycles. The van der Waals surface area contributed by atoms with Crippen molar-refractivity contribution in [2.24, 2.45) is 0 Å². The Kier molecular flexibility index (Phi) is 5.95. The van der Waals surface area contributed by atoms with Crippen molar-refractivity contribution in [3.63, 3.8) is 0 Å². The predicted molar refractivity (Wildman–Crippen MR) is 115 cm³/mol. The van der Waals surface area contributed by atoms with Crippen LogP contribution in [0.25, 0.3) is 17.0 Å². The summed E-state index contributed by atoms with van der Waals surface area (Å²) in [6, 6.07) is 17.9. The minimum atomic E-state index is 0.106. The van der Waals surface area contributed by atoms with Crippen LogP contribution in [0.4, 0.5) is 0 Å². The van der Waals surface area contributed by atoms with Gasteiger partial charge in [0.05, 0.1) is 12.9 Å². The molecule has 0 bridgehead atoms. The van der Waals surface area contributed by atoms with Gasteiger partial charge in [-0.1, -0.05) is 48.2 Å². The second-order valence-corrected chi connectivity index (χ2v) is 7.61. The van der Waals surface area contributed by atoms with Gasteiger partial charge >= 0.3 is 0 Å².